The van der Waals surface area contributed by atoms with Gasteiger partial charge in [0.15, 0.2) is 0 Å². The van der Waals surface area contributed by atoms with Crippen molar-refractivity contribution >= 4 is 23.3 Å². The zero-order valence-electron chi connectivity index (χ0n) is 10.7. The molecular formula is C14H18ClNO2. The van der Waals surface area contributed by atoms with Gasteiger partial charge in [-0.15, -0.1) is 0 Å². The molecule has 0 radical (unpaired) electrons. The molecule has 1 aromatic rings. The number of benzene rings is 1. The second-order valence-corrected chi connectivity index (χ2v) is 5.24. The lowest BCUT2D eigenvalue weighted by Crippen LogP contribution is -2.35. The molecule has 2 unspecified atom stereocenters. The van der Waals surface area contributed by atoms with Crippen molar-refractivity contribution in [2.24, 2.45) is 0 Å². The molecule has 0 aliphatic carbocycles. The molecule has 0 amide bonds. The first-order chi connectivity index (χ1) is 8.56. The summed E-state index contributed by atoms with van der Waals surface area (Å²) in [6.07, 6.45) is 3.24. The Bertz CT molecular complexity index is 461. The largest absolute Gasteiger partial charge is 0.478 e. The van der Waals surface area contributed by atoms with Gasteiger partial charge in [-0.25, -0.2) is 4.79 Å². The summed E-state index contributed by atoms with van der Waals surface area (Å²) in [6, 6.07) is 6.10. The number of hydrogen-bond donors (Lipinski definition) is 1. The molecule has 0 spiro atoms. The Morgan fingerprint density at radius 1 is 1.50 bits per heavy atom. The lowest BCUT2D eigenvalue weighted by molar-refractivity contribution is 0.0697. The van der Waals surface area contributed by atoms with E-state index in [1.165, 1.54) is 0 Å². The molecule has 1 heterocycles. The third kappa shape index (κ3) is 2.19. The molecule has 3 nitrogen and oxygen atoms in total. The summed E-state index contributed by atoms with van der Waals surface area (Å²) in [6.45, 7) is 4.28. The van der Waals surface area contributed by atoms with E-state index in [9.17, 15) is 9.90 Å². The van der Waals surface area contributed by atoms with Gasteiger partial charge in [0, 0.05) is 12.1 Å². The maximum absolute atomic E-state index is 11.4. The Hall–Kier alpha value is -1.22. The van der Waals surface area contributed by atoms with Gasteiger partial charge in [0.2, 0.25) is 0 Å². The first-order valence-electron chi connectivity index (χ1n) is 6.36. The van der Waals surface area contributed by atoms with E-state index in [0.717, 1.165) is 24.9 Å². The number of hydrogen-bond acceptors (Lipinski definition) is 2. The van der Waals surface area contributed by atoms with E-state index in [0.29, 0.717) is 17.1 Å². The van der Waals surface area contributed by atoms with Crippen molar-refractivity contribution in [3.63, 3.8) is 0 Å². The minimum atomic E-state index is -0.954. The Labute approximate surface area is 112 Å². The van der Waals surface area contributed by atoms with Gasteiger partial charge in [-0.2, -0.15) is 0 Å². The smallest absolute Gasteiger partial charge is 0.339 e. The molecule has 0 aromatic heterocycles. The summed E-state index contributed by atoms with van der Waals surface area (Å²) in [7, 11) is 0. The fraction of sp³-hybridized carbons (Fsp3) is 0.500. The highest BCUT2D eigenvalue weighted by Crippen LogP contribution is 2.36. The van der Waals surface area contributed by atoms with Gasteiger partial charge < -0.3 is 10.0 Å². The van der Waals surface area contributed by atoms with Gasteiger partial charge in [0.1, 0.15) is 5.56 Å². The van der Waals surface area contributed by atoms with Crippen molar-refractivity contribution in [3.05, 3.63) is 28.8 Å². The maximum Gasteiger partial charge on any atom is 0.339 e. The van der Waals surface area contributed by atoms with Crippen LogP contribution in [0.4, 0.5) is 5.69 Å². The molecule has 1 aliphatic rings. The molecule has 1 N–H and O–H groups in total. The molecule has 2 rings (SSSR count). The Kier molecular flexibility index (Phi) is 3.81. The van der Waals surface area contributed by atoms with E-state index in [1.807, 2.05) is 12.1 Å². The van der Waals surface area contributed by atoms with E-state index in [2.05, 4.69) is 18.7 Å². The van der Waals surface area contributed by atoms with Gasteiger partial charge in [-0.3, -0.25) is 0 Å². The lowest BCUT2D eigenvalue weighted by Gasteiger charge is -2.31. The number of carboxylic acids is 1. The summed E-state index contributed by atoms with van der Waals surface area (Å²) < 4.78 is 0. The highest BCUT2D eigenvalue weighted by atomic mass is 35.5. The van der Waals surface area contributed by atoms with Gasteiger partial charge in [-0.05, 0) is 38.3 Å². The van der Waals surface area contributed by atoms with E-state index in [1.54, 1.807) is 6.07 Å². The number of rotatable bonds is 3. The average molecular weight is 268 g/mol. The summed E-state index contributed by atoms with van der Waals surface area (Å²) in [4.78, 5) is 13.6. The maximum atomic E-state index is 11.4. The quantitative estimate of drug-likeness (QED) is 0.905. The van der Waals surface area contributed by atoms with Crippen LogP contribution in [0.15, 0.2) is 18.2 Å². The highest BCUT2D eigenvalue weighted by molar-refractivity contribution is 6.34. The number of nitrogens with zero attached hydrogens (tertiary/aromatic N) is 1. The van der Waals surface area contributed by atoms with Crippen LogP contribution in [-0.4, -0.2) is 23.2 Å². The molecule has 1 saturated heterocycles. The average Bonchev–Trinajstić information content (AvgIpc) is 2.69. The summed E-state index contributed by atoms with van der Waals surface area (Å²) >= 11 is 6.03. The minimum Gasteiger partial charge on any atom is -0.478 e. The van der Waals surface area contributed by atoms with Crippen molar-refractivity contribution in [2.45, 2.75) is 45.2 Å². The molecule has 18 heavy (non-hydrogen) atoms. The summed E-state index contributed by atoms with van der Waals surface area (Å²) in [5.41, 5.74) is 0.984. The summed E-state index contributed by atoms with van der Waals surface area (Å²) in [5.74, 6) is -0.954. The van der Waals surface area contributed by atoms with Crippen LogP contribution in [0.2, 0.25) is 5.02 Å². The zero-order chi connectivity index (χ0) is 13.3. The van der Waals surface area contributed by atoms with Crippen LogP contribution in [0, 0.1) is 0 Å². The topological polar surface area (TPSA) is 40.5 Å². The van der Waals surface area contributed by atoms with E-state index < -0.39 is 5.97 Å². The normalized spacial score (nSPS) is 23.4. The predicted octanol–water partition coefficient (Wildman–Crippen LogP) is 3.81. The molecule has 1 fully saturated rings. The molecule has 1 aromatic carbocycles. The molecule has 0 bridgehead atoms. The zero-order valence-corrected chi connectivity index (χ0v) is 11.4. The van der Waals surface area contributed by atoms with Crippen molar-refractivity contribution < 1.29 is 9.90 Å². The third-order valence-corrected chi connectivity index (χ3v) is 4.06. The standard InChI is InChI=1S/C14H18ClNO2/c1-3-10-8-7-9(2)16(10)12-6-4-5-11(15)13(12)14(17)18/h4-6,9-10H,3,7-8H2,1-2H3,(H,17,18). The fourth-order valence-electron chi connectivity index (χ4n) is 2.85. The fourth-order valence-corrected chi connectivity index (χ4v) is 3.10. The van der Waals surface area contributed by atoms with Crippen LogP contribution in [0.5, 0.6) is 0 Å². The van der Waals surface area contributed by atoms with Crippen LogP contribution in [0.25, 0.3) is 0 Å². The van der Waals surface area contributed by atoms with Crippen LogP contribution >= 0.6 is 11.6 Å². The Morgan fingerprint density at radius 2 is 2.22 bits per heavy atom. The van der Waals surface area contributed by atoms with Crippen LogP contribution in [0.3, 0.4) is 0 Å². The van der Waals surface area contributed by atoms with Crippen LogP contribution in [0.1, 0.15) is 43.5 Å². The molecule has 4 heteroatoms. The van der Waals surface area contributed by atoms with E-state index in [-0.39, 0.29) is 5.56 Å². The first kappa shape index (κ1) is 13.2. The predicted molar refractivity (Wildman–Crippen MR) is 73.7 cm³/mol. The Morgan fingerprint density at radius 3 is 2.83 bits per heavy atom. The van der Waals surface area contributed by atoms with Crippen LogP contribution in [-0.2, 0) is 0 Å². The van der Waals surface area contributed by atoms with Gasteiger partial charge in [-0.1, -0.05) is 24.6 Å². The minimum absolute atomic E-state index is 0.228. The van der Waals surface area contributed by atoms with Crippen molar-refractivity contribution in [2.75, 3.05) is 4.90 Å². The van der Waals surface area contributed by atoms with Gasteiger partial charge in [0.25, 0.3) is 0 Å². The number of halogens is 1. The van der Waals surface area contributed by atoms with Crippen molar-refractivity contribution in [1.82, 2.24) is 0 Å². The second-order valence-electron chi connectivity index (χ2n) is 4.83. The first-order valence-corrected chi connectivity index (χ1v) is 6.74. The number of anilines is 1. The van der Waals surface area contributed by atoms with E-state index >= 15 is 0 Å². The molecular weight excluding hydrogens is 250 g/mol. The number of carboxylic acid groups (broad SMARTS) is 1. The highest BCUT2D eigenvalue weighted by Gasteiger charge is 2.32. The molecule has 1 aliphatic heterocycles. The lowest BCUT2D eigenvalue weighted by atomic mass is 10.1. The molecule has 98 valence electrons. The van der Waals surface area contributed by atoms with E-state index in [4.69, 9.17) is 11.6 Å². The Balaban J connectivity index is 2.50. The van der Waals surface area contributed by atoms with Crippen LogP contribution < -0.4 is 4.90 Å². The number of aromatic carboxylic acids is 1. The van der Waals surface area contributed by atoms with Crippen molar-refractivity contribution in [3.8, 4) is 0 Å². The summed E-state index contributed by atoms with van der Waals surface area (Å²) in [5, 5.41) is 9.65. The third-order valence-electron chi connectivity index (χ3n) is 3.74. The number of carbonyl (C=O) groups is 1. The van der Waals surface area contributed by atoms with Crippen molar-refractivity contribution in [1.29, 1.82) is 0 Å². The SMILES string of the molecule is CCC1CCC(C)N1c1cccc(Cl)c1C(=O)O. The molecule has 2 atom stereocenters. The molecule has 0 saturated carbocycles. The second kappa shape index (κ2) is 5.19. The monoisotopic (exact) mass is 267 g/mol. The van der Waals surface area contributed by atoms with Gasteiger partial charge in [0.05, 0.1) is 10.7 Å². The van der Waals surface area contributed by atoms with Gasteiger partial charge >= 0.3 is 5.97 Å².